The van der Waals surface area contributed by atoms with Crippen molar-refractivity contribution < 1.29 is 0 Å². The van der Waals surface area contributed by atoms with Gasteiger partial charge in [-0.25, -0.2) is 0 Å². The molecule has 0 heterocycles. The Morgan fingerprint density at radius 1 is 0.706 bits per heavy atom. The summed E-state index contributed by atoms with van der Waals surface area (Å²) in [7, 11) is 0. The zero-order chi connectivity index (χ0) is 14.2. The van der Waals surface area contributed by atoms with E-state index in [0.717, 1.165) is 0 Å². The molecule has 0 saturated carbocycles. The molecule has 104 valence electrons. The number of hydrogen-bond acceptors (Lipinski definition) is 1. The van der Waals surface area contributed by atoms with E-state index in [2.05, 4.69) is 139 Å². The summed E-state index contributed by atoms with van der Waals surface area (Å²) in [5.41, 5.74) is 0. The van der Waals surface area contributed by atoms with E-state index in [-0.39, 0.29) is 0 Å². The molecule has 0 spiro atoms. The smallest absolute Gasteiger partial charge is 0.283 e. The van der Waals surface area contributed by atoms with Crippen LogP contribution in [-0.4, -0.2) is 29.4 Å². The van der Waals surface area contributed by atoms with Gasteiger partial charge in [-0.05, 0) is 12.1 Å². The van der Waals surface area contributed by atoms with Crippen LogP contribution in [0.2, 0.25) is 0 Å². The van der Waals surface area contributed by atoms with E-state index in [1.54, 1.807) is 0 Å². The Hall–Kier alpha value is 3.97. The molecule has 0 aliphatic rings. The quantitative estimate of drug-likeness (QED) is 0.235. The van der Waals surface area contributed by atoms with Gasteiger partial charge in [0.15, 0.2) is 0 Å². The third-order valence-electron chi connectivity index (χ3n) is 2.17. The van der Waals surface area contributed by atoms with Crippen molar-refractivity contribution in [3.8, 4) is 0 Å². The van der Waals surface area contributed by atoms with Crippen LogP contribution in [-0.2, 0) is 0 Å². The van der Waals surface area contributed by atoms with Gasteiger partial charge < -0.3 is 4.57 Å². The highest BCUT2D eigenvalue weighted by Crippen LogP contribution is 2.54. The van der Waals surface area contributed by atoms with Gasteiger partial charge in [0.25, 0.3) is 12.8 Å². The van der Waals surface area contributed by atoms with Crippen LogP contribution in [0.1, 0.15) is 27.7 Å². The standard InChI is InChI=1S/C6H14Br7NSi3/c1-5(2)14(6(3)4)16(10,11)17(12,13)15(7,8)9/h5-6H,1-4H3. The molecule has 0 aliphatic carbocycles. The minimum atomic E-state index is -1.97. The minimum Gasteiger partial charge on any atom is -0.303 e. The number of halogens is 7. The van der Waals surface area contributed by atoms with Crippen molar-refractivity contribution in [1.82, 2.24) is 4.57 Å². The molecular formula is C6H14Br7NSi3. The Labute approximate surface area is 161 Å². The van der Waals surface area contributed by atoms with Gasteiger partial charge in [-0.2, -0.15) is 0 Å². The molecule has 17 heavy (non-hydrogen) atoms. The van der Waals surface area contributed by atoms with Crippen LogP contribution in [0, 0.1) is 0 Å². The van der Waals surface area contributed by atoms with Gasteiger partial charge in [-0.3, -0.25) is 0 Å². The SMILES string of the molecule is CC(C)N(C(C)C)[Si](Br)(Br)[Si](Br)(Br)[Si](Br)(Br)Br. The van der Waals surface area contributed by atoms with Gasteiger partial charge in [0.1, 0.15) is 0 Å². The van der Waals surface area contributed by atoms with Gasteiger partial charge in [0.05, 0.1) is 0 Å². The highest BCUT2D eigenvalue weighted by molar-refractivity contribution is 9.84. The Bertz CT molecular complexity index is 257. The summed E-state index contributed by atoms with van der Waals surface area (Å²) in [4.78, 5) is -1.97. The van der Waals surface area contributed by atoms with E-state index in [4.69, 9.17) is 0 Å². The molecule has 0 fully saturated rings. The molecule has 0 saturated heterocycles. The van der Waals surface area contributed by atoms with Crippen LogP contribution in [0.15, 0.2) is 0 Å². The molecule has 0 aromatic heterocycles. The van der Waals surface area contributed by atoms with Gasteiger partial charge in [0, 0.05) is 0 Å². The molecule has 0 bridgehead atoms. The fraction of sp³-hybridized carbons (Fsp3) is 1.00. The highest BCUT2D eigenvalue weighted by Gasteiger charge is 2.66. The summed E-state index contributed by atoms with van der Waals surface area (Å²) in [5.74, 6) is 0. The number of hydrogen-bond donors (Lipinski definition) is 0. The van der Waals surface area contributed by atoms with E-state index in [1.807, 2.05) is 0 Å². The van der Waals surface area contributed by atoms with Crippen LogP contribution in [0.3, 0.4) is 0 Å². The molecule has 1 nitrogen and oxygen atoms in total. The van der Waals surface area contributed by atoms with E-state index in [1.165, 1.54) is 0 Å². The van der Waals surface area contributed by atoms with Gasteiger partial charge in [0.2, 0.25) is 0 Å². The van der Waals surface area contributed by atoms with Crippen LogP contribution < -0.4 is 0 Å². The van der Waals surface area contributed by atoms with E-state index in [9.17, 15) is 0 Å². The van der Waals surface area contributed by atoms with Crippen molar-refractivity contribution >= 4 is 120 Å². The summed E-state index contributed by atoms with van der Waals surface area (Å²) >= 11 is 27.3. The van der Waals surface area contributed by atoms with Crippen LogP contribution >= 0.6 is 107 Å². The van der Waals surface area contributed by atoms with Crippen molar-refractivity contribution in [2.75, 3.05) is 0 Å². The second-order valence-electron chi connectivity index (χ2n) is 4.21. The third kappa shape index (κ3) is 4.98. The van der Waals surface area contributed by atoms with E-state index in [0.29, 0.717) is 12.1 Å². The Kier molecular flexibility index (Phi) is 9.24. The van der Waals surface area contributed by atoms with Crippen molar-refractivity contribution in [1.29, 1.82) is 0 Å². The maximum atomic E-state index is 4.00. The lowest BCUT2D eigenvalue weighted by Gasteiger charge is -2.46. The van der Waals surface area contributed by atoms with Gasteiger partial charge >= 0.3 is 0 Å². The first-order valence-electron chi connectivity index (χ1n) is 4.87. The molecule has 0 aromatic rings. The summed E-state index contributed by atoms with van der Waals surface area (Å²) in [6.07, 6.45) is 0. The lowest BCUT2D eigenvalue weighted by Crippen LogP contribution is -2.69. The fourth-order valence-electron chi connectivity index (χ4n) is 1.58. The molecule has 0 unspecified atom stereocenters. The maximum absolute atomic E-state index is 4.00. The molecule has 0 aliphatic heterocycles. The summed E-state index contributed by atoms with van der Waals surface area (Å²) in [6, 6.07) is 0.956. The largest absolute Gasteiger partial charge is 0.303 e. The molecule has 0 N–H and O–H groups in total. The van der Waals surface area contributed by atoms with Crippen molar-refractivity contribution in [2.45, 2.75) is 39.8 Å². The first kappa shape index (κ1) is 21.0. The van der Waals surface area contributed by atoms with Crippen LogP contribution in [0.25, 0.3) is 0 Å². The molecule has 0 radical (unpaired) electrons. The minimum absolute atomic E-state index is 0.478. The summed E-state index contributed by atoms with van der Waals surface area (Å²) < 4.78 is -1.21. The fourth-order valence-corrected chi connectivity index (χ4v) is 102. The predicted octanol–water partition coefficient (Wildman–Crippen LogP) is 6.35. The highest BCUT2D eigenvalue weighted by atomic mass is 80.0. The molecule has 0 atom stereocenters. The maximum Gasteiger partial charge on any atom is 0.283 e. The van der Waals surface area contributed by atoms with E-state index < -0.39 is 12.8 Å². The molecular weight excluding hydrogens is 730 g/mol. The molecule has 0 amide bonds. The first-order valence-corrected chi connectivity index (χ1v) is 28.6. The Balaban J connectivity index is 5.51. The summed E-state index contributed by atoms with van der Waals surface area (Å²) in [6.45, 7) is 8.92. The second-order valence-corrected chi connectivity index (χ2v) is 78.8. The van der Waals surface area contributed by atoms with Crippen molar-refractivity contribution in [3.63, 3.8) is 0 Å². The second kappa shape index (κ2) is 7.49. The van der Waals surface area contributed by atoms with Gasteiger partial charge in [-0.1, -0.05) is 104 Å². The molecule has 11 heteroatoms. The molecule has 0 aromatic carbocycles. The Morgan fingerprint density at radius 3 is 1.18 bits per heavy atom. The van der Waals surface area contributed by atoms with Crippen LogP contribution in [0.5, 0.6) is 0 Å². The normalized spacial score (nSPS) is 15.2. The number of rotatable bonds is 5. The average molecular weight is 744 g/mol. The zero-order valence-corrected chi connectivity index (χ0v) is 23.8. The Morgan fingerprint density at radius 2 is 1.00 bits per heavy atom. The van der Waals surface area contributed by atoms with Gasteiger partial charge in [-0.15, -0.1) is 30.6 Å². The average Bonchev–Trinajstić information content (AvgIpc) is 1.98. The predicted molar refractivity (Wildman–Crippen MR) is 112 cm³/mol. The van der Waals surface area contributed by atoms with E-state index >= 15 is 0 Å². The molecule has 0 rings (SSSR count). The summed E-state index contributed by atoms with van der Waals surface area (Å²) in [5, 5.41) is 0. The lowest BCUT2D eigenvalue weighted by atomic mass is 10.3. The van der Waals surface area contributed by atoms with Crippen molar-refractivity contribution in [2.24, 2.45) is 0 Å². The zero-order valence-electron chi connectivity index (χ0n) is 9.75. The third-order valence-corrected chi connectivity index (χ3v) is 132. The number of nitrogens with zero attached hydrogens (tertiary/aromatic N) is 1. The topological polar surface area (TPSA) is 3.24 Å². The van der Waals surface area contributed by atoms with Crippen molar-refractivity contribution in [3.05, 3.63) is 0 Å². The monoisotopic (exact) mass is 736 g/mol. The van der Waals surface area contributed by atoms with Crippen LogP contribution in [0.4, 0.5) is 0 Å². The lowest BCUT2D eigenvalue weighted by molar-refractivity contribution is 0.313. The first-order chi connectivity index (χ1) is 7.26.